The van der Waals surface area contributed by atoms with Crippen LogP contribution in [0.15, 0.2) is 48.6 Å². The van der Waals surface area contributed by atoms with E-state index in [9.17, 15) is 0 Å². The Morgan fingerprint density at radius 1 is 0.844 bits per heavy atom. The van der Waals surface area contributed by atoms with Gasteiger partial charge in [-0.1, -0.05) is 76.3 Å². The Bertz CT molecular complexity index is 805. The van der Waals surface area contributed by atoms with Gasteiger partial charge in [0, 0.05) is 0 Å². The molecule has 0 aliphatic heterocycles. The second kappa shape index (κ2) is 15.0. The Labute approximate surface area is 216 Å². The summed E-state index contributed by atoms with van der Waals surface area (Å²) in [6, 6.07) is 15.1. The Kier molecular flexibility index (Phi) is 14.6. The van der Waals surface area contributed by atoms with Gasteiger partial charge in [-0.2, -0.15) is 49.2 Å². The summed E-state index contributed by atoms with van der Waals surface area (Å²) in [5.74, 6) is 0. The van der Waals surface area contributed by atoms with Gasteiger partial charge in [-0.25, -0.2) is 12.2 Å². The molecular formula is C30H42SiZr-4. The van der Waals surface area contributed by atoms with Crippen LogP contribution >= 0.6 is 0 Å². The van der Waals surface area contributed by atoms with E-state index in [1.807, 2.05) is 19.0 Å². The molecule has 0 amide bonds. The van der Waals surface area contributed by atoms with Crippen LogP contribution in [-0.4, -0.2) is 6.88 Å². The second-order valence-electron chi connectivity index (χ2n) is 9.33. The molecule has 0 heterocycles. The van der Waals surface area contributed by atoms with Gasteiger partial charge in [-0.3, -0.25) is 6.08 Å². The molecule has 0 saturated heterocycles. The minimum atomic E-state index is 0.177. The zero-order valence-electron chi connectivity index (χ0n) is 21.7. The van der Waals surface area contributed by atoms with E-state index in [2.05, 4.69) is 104 Å². The third-order valence-electron chi connectivity index (χ3n) is 5.11. The molecule has 0 bridgehead atoms. The minimum absolute atomic E-state index is 0.177. The quantitative estimate of drug-likeness (QED) is 0.210. The van der Waals surface area contributed by atoms with Crippen molar-refractivity contribution in [3.05, 3.63) is 96.8 Å². The average molecular weight is 522 g/mol. The first-order valence-electron chi connectivity index (χ1n) is 11.3. The second-order valence-corrected chi connectivity index (χ2v) is 9.33. The molecule has 0 nitrogen and oxygen atoms in total. The van der Waals surface area contributed by atoms with Gasteiger partial charge in [0.1, 0.15) is 0 Å². The standard InChI is InChI=1S/C21H25.C5H5.2C2H5.H2Si.Zr/c1-20(2,3)16-9-7-14-11-15-8-10-17(21(4,5)6)13-19(15)18(14)12-16;1-2-4-5-3-1;2*1-2;;/h7,9-10,12-13H,11H2,1-6H3;1-3H,4H2;2*1H2,2H3;1H2;/q4*-1;;. The van der Waals surface area contributed by atoms with Crippen LogP contribution in [0.5, 0.6) is 0 Å². The summed E-state index contributed by atoms with van der Waals surface area (Å²) in [7, 11) is 0. The summed E-state index contributed by atoms with van der Waals surface area (Å²) < 4.78 is 0. The molecule has 32 heavy (non-hydrogen) atoms. The van der Waals surface area contributed by atoms with Crippen molar-refractivity contribution in [1.29, 1.82) is 0 Å². The molecule has 2 aliphatic rings. The van der Waals surface area contributed by atoms with Gasteiger partial charge in [0.2, 0.25) is 0 Å². The summed E-state index contributed by atoms with van der Waals surface area (Å²) >= 11 is 1.58. The summed E-state index contributed by atoms with van der Waals surface area (Å²) in [5.41, 5.74) is 8.76. The Balaban J connectivity index is 0.000000737. The number of hydrogen-bond donors (Lipinski definition) is 0. The molecule has 0 spiro atoms. The molecule has 4 rings (SSSR count). The van der Waals surface area contributed by atoms with Crippen molar-refractivity contribution < 1.29 is 23.3 Å². The molecule has 0 radical (unpaired) electrons. The monoisotopic (exact) mass is 520 g/mol. The first-order chi connectivity index (χ1) is 15.2. The molecule has 0 fully saturated rings. The van der Waals surface area contributed by atoms with Crippen molar-refractivity contribution in [2.24, 2.45) is 0 Å². The van der Waals surface area contributed by atoms with E-state index >= 15 is 0 Å². The normalized spacial score (nSPS) is 12.4. The molecule has 2 aromatic carbocycles. The van der Waals surface area contributed by atoms with Crippen LogP contribution in [0, 0.1) is 26.0 Å². The van der Waals surface area contributed by atoms with Crippen LogP contribution < -0.4 is 0 Å². The number of allylic oxidation sites excluding steroid dienone is 4. The van der Waals surface area contributed by atoms with Gasteiger partial charge in [0.15, 0.2) is 0 Å². The van der Waals surface area contributed by atoms with Crippen LogP contribution in [0.1, 0.15) is 84.1 Å². The van der Waals surface area contributed by atoms with Gasteiger partial charge in [-0.15, -0.1) is 12.0 Å². The molecule has 0 saturated carbocycles. The van der Waals surface area contributed by atoms with E-state index < -0.39 is 0 Å². The van der Waals surface area contributed by atoms with E-state index in [1.54, 1.807) is 37.2 Å². The Morgan fingerprint density at radius 2 is 1.41 bits per heavy atom. The molecule has 2 aromatic rings. The summed E-state index contributed by atoms with van der Waals surface area (Å²) in [6.07, 6.45) is 11.0. The van der Waals surface area contributed by atoms with E-state index in [1.165, 1.54) is 33.4 Å². The number of fused-ring (bicyclic) bond motifs is 3. The summed E-state index contributed by atoms with van der Waals surface area (Å²) in [6.45, 7) is 25.6. The predicted octanol–water partition coefficient (Wildman–Crippen LogP) is 7.72. The summed E-state index contributed by atoms with van der Waals surface area (Å²) in [4.78, 5) is 0. The summed E-state index contributed by atoms with van der Waals surface area (Å²) in [5, 5.41) is 0. The van der Waals surface area contributed by atoms with Gasteiger partial charge in [0.05, 0.1) is 0 Å². The van der Waals surface area contributed by atoms with Crippen molar-refractivity contribution in [2.45, 2.75) is 79.1 Å². The molecule has 0 unspecified atom stereocenters. The third kappa shape index (κ3) is 9.11. The SMILES string of the molecule is CC(C)(C)c1c[c-]c2c(c1)-c1cc(C(C)(C)C)ccc1C2.[C-]1=CC=CC1.[CH2-]C.[CH2-]C.[SiH2]=[Zr]. The van der Waals surface area contributed by atoms with Crippen molar-refractivity contribution >= 4 is 6.88 Å². The van der Waals surface area contributed by atoms with Gasteiger partial charge in [0.25, 0.3) is 0 Å². The molecular weight excluding hydrogens is 480 g/mol. The molecule has 174 valence electrons. The molecule has 0 aromatic heterocycles. The van der Waals surface area contributed by atoms with Gasteiger partial charge >= 0.3 is 30.2 Å². The van der Waals surface area contributed by atoms with Crippen LogP contribution in [0.25, 0.3) is 11.1 Å². The Hall–Kier alpha value is -0.980. The van der Waals surface area contributed by atoms with Crippen molar-refractivity contribution in [2.75, 3.05) is 0 Å². The topological polar surface area (TPSA) is 0 Å². The van der Waals surface area contributed by atoms with Crippen LogP contribution in [0.3, 0.4) is 0 Å². The maximum absolute atomic E-state index is 3.53. The zero-order chi connectivity index (χ0) is 24.9. The molecule has 2 heteroatoms. The molecule has 0 N–H and O–H groups in total. The van der Waals surface area contributed by atoms with E-state index in [-0.39, 0.29) is 10.8 Å². The fourth-order valence-corrected chi connectivity index (χ4v) is 3.32. The predicted molar refractivity (Wildman–Crippen MR) is 143 cm³/mol. The van der Waals surface area contributed by atoms with Crippen molar-refractivity contribution in [1.82, 2.24) is 0 Å². The fourth-order valence-electron chi connectivity index (χ4n) is 3.32. The first kappa shape index (κ1) is 31.0. The molecule has 0 atom stereocenters. The Morgan fingerprint density at radius 3 is 1.84 bits per heavy atom. The van der Waals surface area contributed by atoms with Crippen LogP contribution in [0.4, 0.5) is 0 Å². The van der Waals surface area contributed by atoms with E-state index in [0.29, 0.717) is 0 Å². The van der Waals surface area contributed by atoms with E-state index in [4.69, 9.17) is 0 Å². The number of rotatable bonds is 0. The van der Waals surface area contributed by atoms with Gasteiger partial charge < -0.3 is 13.8 Å². The molecule has 2 aliphatic carbocycles. The van der Waals surface area contributed by atoms with Crippen molar-refractivity contribution in [3.8, 4) is 11.1 Å². The average Bonchev–Trinajstić information content (AvgIpc) is 3.47. The fraction of sp³-hybridized carbons (Fsp3) is 0.400. The third-order valence-corrected chi connectivity index (χ3v) is 5.11. The van der Waals surface area contributed by atoms with Crippen LogP contribution in [-0.2, 0) is 40.6 Å². The van der Waals surface area contributed by atoms with Gasteiger partial charge in [-0.05, 0) is 17.4 Å². The number of hydrogen-bond acceptors (Lipinski definition) is 0. The van der Waals surface area contributed by atoms with Crippen LogP contribution in [0.2, 0.25) is 0 Å². The zero-order valence-corrected chi connectivity index (χ0v) is 25.5. The maximum atomic E-state index is 3.53. The van der Waals surface area contributed by atoms with Crippen molar-refractivity contribution in [3.63, 3.8) is 0 Å². The number of benzene rings is 2. The first-order valence-corrected chi connectivity index (χ1v) is 17.3. The van der Waals surface area contributed by atoms with E-state index in [0.717, 1.165) is 12.8 Å².